The Hall–Kier alpha value is -1.90. The topological polar surface area (TPSA) is 39.2 Å². The van der Waals surface area contributed by atoms with Crippen LogP contribution >= 0.6 is 0 Å². The molecular weight excluding hydrogens is 238 g/mol. The largest absolute Gasteiger partial charge is 0.477 e. The first-order valence-electron chi connectivity index (χ1n) is 6.80. The summed E-state index contributed by atoms with van der Waals surface area (Å²) in [5, 5.41) is 0.999. The summed E-state index contributed by atoms with van der Waals surface area (Å²) in [6, 6.07) is 8.06. The van der Waals surface area contributed by atoms with E-state index < -0.39 is 0 Å². The van der Waals surface area contributed by atoms with Gasteiger partial charge in [-0.2, -0.15) is 0 Å². The number of hydrogen-bond donors (Lipinski definition) is 0. The fourth-order valence-electron chi connectivity index (χ4n) is 2.10. The summed E-state index contributed by atoms with van der Waals surface area (Å²) in [7, 11) is 0. The van der Waals surface area contributed by atoms with Gasteiger partial charge in [0.15, 0.2) is 6.29 Å². The standard InChI is InChI=1S/C16H19NO2/c1-3-5-6-12-7-8-15-13(9-12)10-14(11-18)16(17-15)19-4-2/h7-11H,3-6H2,1-2H3. The number of aldehydes is 1. The zero-order chi connectivity index (χ0) is 13.7. The van der Waals surface area contributed by atoms with Gasteiger partial charge < -0.3 is 4.74 Å². The fraction of sp³-hybridized carbons (Fsp3) is 0.375. The molecule has 0 unspecified atom stereocenters. The maximum atomic E-state index is 11.1. The summed E-state index contributed by atoms with van der Waals surface area (Å²) >= 11 is 0. The van der Waals surface area contributed by atoms with Crippen LogP contribution in [-0.2, 0) is 6.42 Å². The van der Waals surface area contributed by atoms with Crippen molar-refractivity contribution in [1.82, 2.24) is 4.98 Å². The molecule has 0 bridgehead atoms. The van der Waals surface area contributed by atoms with E-state index in [-0.39, 0.29) is 0 Å². The first-order valence-corrected chi connectivity index (χ1v) is 6.80. The highest BCUT2D eigenvalue weighted by Gasteiger charge is 2.07. The molecule has 1 aromatic carbocycles. The summed E-state index contributed by atoms with van der Waals surface area (Å²) in [5.41, 5.74) is 2.67. The molecule has 2 aromatic rings. The van der Waals surface area contributed by atoms with E-state index in [0.29, 0.717) is 18.1 Å². The van der Waals surface area contributed by atoms with Crippen LogP contribution in [0.2, 0.25) is 0 Å². The minimum atomic E-state index is 0.423. The van der Waals surface area contributed by atoms with E-state index >= 15 is 0 Å². The Kier molecular flexibility index (Phi) is 4.50. The number of aryl methyl sites for hydroxylation is 1. The number of carbonyl (C=O) groups is 1. The molecular formula is C16H19NO2. The van der Waals surface area contributed by atoms with Gasteiger partial charge in [0.05, 0.1) is 17.7 Å². The molecule has 0 radical (unpaired) electrons. The van der Waals surface area contributed by atoms with Gasteiger partial charge in [-0.3, -0.25) is 4.79 Å². The monoisotopic (exact) mass is 257 g/mol. The van der Waals surface area contributed by atoms with E-state index in [2.05, 4.69) is 24.0 Å². The van der Waals surface area contributed by atoms with Gasteiger partial charge in [0.1, 0.15) is 0 Å². The lowest BCUT2D eigenvalue weighted by atomic mass is 10.0. The number of carbonyl (C=O) groups excluding carboxylic acids is 1. The van der Waals surface area contributed by atoms with Crippen molar-refractivity contribution in [2.45, 2.75) is 33.1 Å². The number of nitrogens with zero attached hydrogens (tertiary/aromatic N) is 1. The van der Waals surface area contributed by atoms with Crippen LogP contribution in [0.3, 0.4) is 0 Å². The van der Waals surface area contributed by atoms with Crippen molar-refractivity contribution in [1.29, 1.82) is 0 Å². The van der Waals surface area contributed by atoms with Crippen molar-refractivity contribution in [2.24, 2.45) is 0 Å². The predicted octanol–water partition coefficient (Wildman–Crippen LogP) is 3.79. The number of unbranched alkanes of at least 4 members (excludes halogenated alkanes) is 1. The molecule has 3 heteroatoms. The third kappa shape index (κ3) is 3.11. The lowest BCUT2D eigenvalue weighted by Crippen LogP contribution is -1.99. The second-order valence-corrected chi connectivity index (χ2v) is 4.56. The SMILES string of the molecule is CCCCc1ccc2nc(OCC)c(C=O)cc2c1. The van der Waals surface area contributed by atoms with Crippen molar-refractivity contribution < 1.29 is 9.53 Å². The third-order valence-corrected chi connectivity index (χ3v) is 3.10. The Balaban J connectivity index is 2.42. The Bertz CT molecular complexity index is 578. The quantitative estimate of drug-likeness (QED) is 0.739. The molecule has 0 amide bonds. The molecule has 100 valence electrons. The summed E-state index contributed by atoms with van der Waals surface area (Å²) in [5.74, 6) is 0.423. The molecule has 1 aromatic heterocycles. The minimum absolute atomic E-state index is 0.423. The number of fused-ring (bicyclic) bond motifs is 1. The van der Waals surface area contributed by atoms with Crippen LogP contribution in [0.4, 0.5) is 0 Å². The summed E-state index contributed by atoms with van der Waals surface area (Å²) in [6.45, 7) is 4.57. The summed E-state index contributed by atoms with van der Waals surface area (Å²) < 4.78 is 5.39. The number of hydrogen-bond acceptors (Lipinski definition) is 3. The van der Waals surface area contributed by atoms with Gasteiger partial charge in [-0.25, -0.2) is 4.98 Å². The molecule has 19 heavy (non-hydrogen) atoms. The van der Waals surface area contributed by atoms with Gasteiger partial charge in [0.25, 0.3) is 0 Å². The van der Waals surface area contributed by atoms with Crippen LogP contribution in [0.15, 0.2) is 24.3 Å². The number of ether oxygens (including phenoxy) is 1. The van der Waals surface area contributed by atoms with Gasteiger partial charge in [-0.1, -0.05) is 19.4 Å². The van der Waals surface area contributed by atoms with E-state index in [1.807, 2.05) is 19.1 Å². The molecule has 0 N–H and O–H groups in total. The number of pyridine rings is 1. The Labute approximate surface area is 113 Å². The van der Waals surface area contributed by atoms with Crippen LogP contribution < -0.4 is 4.74 Å². The van der Waals surface area contributed by atoms with Crippen LogP contribution in [0.25, 0.3) is 10.9 Å². The molecule has 0 saturated carbocycles. The highest BCUT2D eigenvalue weighted by Crippen LogP contribution is 2.22. The van der Waals surface area contributed by atoms with E-state index in [4.69, 9.17) is 4.74 Å². The second kappa shape index (κ2) is 6.32. The van der Waals surface area contributed by atoms with Gasteiger partial charge in [-0.15, -0.1) is 0 Å². The van der Waals surface area contributed by atoms with Crippen LogP contribution in [0.1, 0.15) is 42.6 Å². The lowest BCUT2D eigenvalue weighted by Gasteiger charge is -2.08. The van der Waals surface area contributed by atoms with Crippen molar-refractivity contribution >= 4 is 17.2 Å². The Morgan fingerprint density at radius 1 is 1.26 bits per heavy atom. The molecule has 0 fully saturated rings. The summed E-state index contributed by atoms with van der Waals surface area (Å²) in [6.07, 6.45) is 4.22. The fourth-order valence-corrected chi connectivity index (χ4v) is 2.10. The summed E-state index contributed by atoms with van der Waals surface area (Å²) in [4.78, 5) is 15.5. The molecule has 0 aliphatic rings. The molecule has 0 aliphatic carbocycles. The first-order chi connectivity index (χ1) is 9.28. The van der Waals surface area contributed by atoms with Crippen LogP contribution in [-0.4, -0.2) is 17.9 Å². The molecule has 0 saturated heterocycles. The minimum Gasteiger partial charge on any atom is -0.477 e. The number of benzene rings is 1. The van der Waals surface area contributed by atoms with Crippen LogP contribution in [0, 0.1) is 0 Å². The predicted molar refractivity (Wildman–Crippen MR) is 76.9 cm³/mol. The molecule has 0 aliphatic heterocycles. The molecule has 1 heterocycles. The molecule has 3 nitrogen and oxygen atoms in total. The van der Waals surface area contributed by atoms with E-state index in [1.54, 1.807) is 0 Å². The van der Waals surface area contributed by atoms with Crippen molar-refractivity contribution in [3.63, 3.8) is 0 Å². The Morgan fingerprint density at radius 3 is 2.79 bits per heavy atom. The zero-order valence-corrected chi connectivity index (χ0v) is 11.5. The Morgan fingerprint density at radius 2 is 2.11 bits per heavy atom. The van der Waals surface area contributed by atoms with Gasteiger partial charge >= 0.3 is 0 Å². The molecule has 0 atom stereocenters. The first kappa shape index (κ1) is 13.5. The highest BCUT2D eigenvalue weighted by molar-refractivity contribution is 5.88. The molecule has 2 rings (SSSR count). The second-order valence-electron chi connectivity index (χ2n) is 4.56. The van der Waals surface area contributed by atoms with Gasteiger partial charge in [0.2, 0.25) is 5.88 Å². The lowest BCUT2D eigenvalue weighted by molar-refractivity contribution is 0.111. The number of rotatable bonds is 6. The maximum absolute atomic E-state index is 11.1. The van der Waals surface area contributed by atoms with Crippen molar-refractivity contribution in [2.75, 3.05) is 6.61 Å². The smallest absolute Gasteiger partial charge is 0.224 e. The van der Waals surface area contributed by atoms with E-state index in [0.717, 1.165) is 23.6 Å². The normalized spacial score (nSPS) is 10.6. The van der Waals surface area contributed by atoms with E-state index in [1.165, 1.54) is 18.4 Å². The van der Waals surface area contributed by atoms with Gasteiger partial charge in [-0.05, 0) is 43.5 Å². The van der Waals surface area contributed by atoms with Crippen molar-refractivity contribution in [3.8, 4) is 5.88 Å². The van der Waals surface area contributed by atoms with Gasteiger partial charge in [0, 0.05) is 5.39 Å². The average molecular weight is 257 g/mol. The molecule has 0 spiro atoms. The van der Waals surface area contributed by atoms with Crippen molar-refractivity contribution in [3.05, 3.63) is 35.4 Å². The maximum Gasteiger partial charge on any atom is 0.224 e. The zero-order valence-electron chi connectivity index (χ0n) is 11.5. The van der Waals surface area contributed by atoms with Crippen LogP contribution in [0.5, 0.6) is 5.88 Å². The highest BCUT2D eigenvalue weighted by atomic mass is 16.5. The number of aromatic nitrogens is 1. The average Bonchev–Trinajstić information content (AvgIpc) is 2.44. The van der Waals surface area contributed by atoms with E-state index in [9.17, 15) is 4.79 Å². The third-order valence-electron chi connectivity index (χ3n) is 3.10.